The maximum atomic E-state index is 11.4. The van der Waals surface area contributed by atoms with Gasteiger partial charge in [-0.05, 0) is 31.9 Å². The first-order chi connectivity index (χ1) is 10.7. The summed E-state index contributed by atoms with van der Waals surface area (Å²) >= 11 is 0. The zero-order valence-corrected chi connectivity index (χ0v) is 16.3. The van der Waals surface area contributed by atoms with Crippen molar-refractivity contribution in [3.63, 3.8) is 0 Å². The summed E-state index contributed by atoms with van der Waals surface area (Å²) in [6.07, 6.45) is 0.815. The van der Waals surface area contributed by atoms with E-state index in [9.17, 15) is 4.79 Å². The molecule has 130 valence electrons. The second kappa shape index (κ2) is 13.0. The van der Waals surface area contributed by atoms with Gasteiger partial charge >= 0.3 is 0 Å². The Labute approximate surface area is 155 Å². The van der Waals surface area contributed by atoms with Crippen LogP contribution in [0.15, 0.2) is 29.3 Å². The summed E-state index contributed by atoms with van der Waals surface area (Å²) in [6, 6.07) is 7.93. The molecule has 7 heteroatoms. The molecule has 1 amide bonds. The van der Waals surface area contributed by atoms with Gasteiger partial charge in [0.25, 0.3) is 0 Å². The third kappa shape index (κ3) is 8.63. The molecule has 0 fully saturated rings. The summed E-state index contributed by atoms with van der Waals surface area (Å²) in [4.78, 5) is 15.7. The molecule has 0 radical (unpaired) electrons. The van der Waals surface area contributed by atoms with Gasteiger partial charge in [-0.1, -0.05) is 18.2 Å². The molecule has 1 rings (SSSR count). The van der Waals surface area contributed by atoms with Gasteiger partial charge in [0.05, 0.1) is 7.11 Å². The zero-order valence-electron chi connectivity index (χ0n) is 14.0. The molecule has 0 aliphatic rings. The molecule has 0 saturated carbocycles. The number of benzene rings is 1. The predicted octanol–water partition coefficient (Wildman–Crippen LogP) is 1.55. The first-order valence-electron chi connectivity index (χ1n) is 7.62. The molecule has 1 aromatic carbocycles. The largest absolute Gasteiger partial charge is 0.496 e. The minimum absolute atomic E-state index is 0. The predicted molar refractivity (Wildman–Crippen MR) is 105 cm³/mol. The van der Waals surface area contributed by atoms with Crippen LogP contribution in [0.5, 0.6) is 5.75 Å². The number of aliphatic imine (C=N–C) groups is 1. The van der Waals surface area contributed by atoms with Gasteiger partial charge in [-0.15, -0.1) is 24.0 Å². The van der Waals surface area contributed by atoms with Crippen LogP contribution in [0, 0.1) is 0 Å². The summed E-state index contributed by atoms with van der Waals surface area (Å²) in [6.45, 7) is 6.07. The Morgan fingerprint density at radius 2 is 1.83 bits per heavy atom. The second-order valence-electron chi connectivity index (χ2n) is 4.64. The molecule has 6 nitrogen and oxygen atoms in total. The SMILES string of the molecule is CCNC(=O)CN=C(NCC)NCCc1ccccc1OC.I. The van der Waals surface area contributed by atoms with E-state index < -0.39 is 0 Å². The lowest BCUT2D eigenvalue weighted by Crippen LogP contribution is -2.39. The molecule has 23 heavy (non-hydrogen) atoms. The van der Waals surface area contributed by atoms with Gasteiger partial charge in [-0.2, -0.15) is 0 Å². The van der Waals surface area contributed by atoms with Crippen molar-refractivity contribution in [1.82, 2.24) is 16.0 Å². The molecule has 0 heterocycles. The van der Waals surface area contributed by atoms with Crippen LogP contribution in [0.3, 0.4) is 0 Å². The van der Waals surface area contributed by atoms with Gasteiger partial charge in [-0.25, -0.2) is 4.99 Å². The molecule has 1 aromatic rings. The third-order valence-corrected chi connectivity index (χ3v) is 2.98. The average molecular weight is 434 g/mol. The minimum Gasteiger partial charge on any atom is -0.496 e. The van der Waals surface area contributed by atoms with Crippen LogP contribution in [-0.4, -0.2) is 45.2 Å². The number of amides is 1. The van der Waals surface area contributed by atoms with Gasteiger partial charge in [0.1, 0.15) is 12.3 Å². The number of rotatable bonds is 8. The number of ether oxygens (including phenoxy) is 1. The Kier molecular flexibility index (Phi) is 12.1. The number of carbonyl (C=O) groups excluding carboxylic acids is 1. The number of methoxy groups -OCH3 is 1. The smallest absolute Gasteiger partial charge is 0.241 e. The van der Waals surface area contributed by atoms with Crippen molar-refractivity contribution in [2.24, 2.45) is 4.99 Å². The highest BCUT2D eigenvalue weighted by atomic mass is 127. The van der Waals surface area contributed by atoms with E-state index in [1.807, 2.05) is 38.1 Å². The quantitative estimate of drug-likeness (QED) is 0.330. The van der Waals surface area contributed by atoms with Gasteiger partial charge in [0.2, 0.25) is 5.91 Å². The van der Waals surface area contributed by atoms with Crippen LogP contribution in [0.2, 0.25) is 0 Å². The Balaban J connectivity index is 0.00000484. The van der Waals surface area contributed by atoms with E-state index in [0.717, 1.165) is 24.3 Å². The normalized spacial score (nSPS) is 10.5. The standard InChI is InChI=1S/C16H26N4O2.HI/c1-4-17-15(21)12-20-16(18-5-2)19-11-10-13-8-6-7-9-14(13)22-3;/h6-9H,4-5,10-12H2,1-3H3,(H,17,21)(H2,18,19,20);1H. The maximum Gasteiger partial charge on any atom is 0.241 e. The van der Waals surface area contributed by atoms with Gasteiger partial charge in [0.15, 0.2) is 5.96 Å². The highest BCUT2D eigenvalue weighted by molar-refractivity contribution is 14.0. The molecular formula is C16H27IN4O2. The molecule has 0 aliphatic carbocycles. The van der Waals surface area contributed by atoms with Crippen LogP contribution in [0.4, 0.5) is 0 Å². The molecule has 0 aliphatic heterocycles. The van der Waals surface area contributed by atoms with Crippen molar-refractivity contribution in [2.45, 2.75) is 20.3 Å². The number of hydrogen-bond acceptors (Lipinski definition) is 3. The van der Waals surface area contributed by atoms with E-state index in [0.29, 0.717) is 19.0 Å². The van der Waals surface area contributed by atoms with Gasteiger partial charge in [-0.3, -0.25) is 4.79 Å². The molecule has 0 atom stereocenters. The molecule has 0 saturated heterocycles. The first kappa shape index (κ1) is 21.5. The summed E-state index contributed by atoms with van der Waals surface area (Å²) in [5.41, 5.74) is 1.14. The molecule has 0 spiro atoms. The third-order valence-electron chi connectivity index (χ3n) is 2.98. The molecule has 3 N–H and O–H groups in total. The number of nitrogens with one attached hydrogen (secondary N) is 3. The van der Waals surface area contributed by atoms with Crippen LogP contribution in [0.25, 0.3) is 0 Å². The number of halogens is 1. The van der Waals surface area contributed by atoms with Crippen molar-refractivity contribution in [1.29, 1.82) is 0 Å². The maximum absolute atomic E-state index is 11.4. The minimum atomic E-state index is -0.0792. The van der Waals surface area contributed by atoms with Crippen LogP contribution < -0.4 is 20.7 Å². The molecular weight excluding hydrogens is 407 g/mol. The highest BCUT2D eigenvalue weighted by Crippen LogP contribution is 2.17. The lowest BCUT2D eigenvalue weighted by molar-refractivity contribution is -0.119. The van der Waals surface area contributed by atoms with Gasteiger partial charge < -0.3 is 20.7 Å². The van der Waals surface area contributed by atoms with E-state index in [-0.39, 0.29) is 36.4 Å². The second-order valence-corrected chi connectivity index (χ2v) is 4.64. The summed E-state index contributed by atoms with van der Waals surface area (Å²) in [5, 5.41) is 9.07. The van der Waals surface area contributed by atoms with Gasteiger partial charge in [0, 0.05) is 19.6 Å². The summed E-state index contributed by atoms with van der Waals surface area (Å²) < 4.78 is 5.33. The Morgan fingerprint density at radius 1 is 1.13 bits per heavy atom. The Bertz CT molecular complexity index is 495. The van der Waals surface area contributed by atoms with Crippen molar-refractivity contribution < 1.29 is 9.53 Å². The Morgan fingerprint density at radius 3 is 2.48 bits per heavy atom. The van der Waals surface area contributed by atoms with E-state index in [2.05, 4.69) is 20.9 Å². The number of carbonyl (C=O) groups is 1. The monoisotopic (exact) mass is 434 g/mol. The zero-order chi connectivity index (χ0) is 16.2. The van der Waals surface area contributed by atoms with E-state index >= 15 is 0 Å². The fourth-order valence-electron chi connectivity index (χ4n) is 1.97. The van der Waals surface area contributed by atoms with Crippen LogP contribution >= 0.6 is 24.0 Å². The van der Waals surface area contributed by atoms with E-state index in [1.165, 1.54) is 0 Å². The fraction of sp³-hybridized carbons (Fsp3) is 0.500. The molecule has 0 aromatic heterocycles. The van der Waals surface area contributed by atoms with E-state index in [1.54, 1.807) is 7.11 Å². The highest BCUT2D eigenvalue weighted by Gasteiger charge is 2.03. The van der Waals surface area contributed by atoms with Crippen molar-refractivity contribution in [2.75, 3.05) is 33.3 Å². The number of guanidine groups is 1. The lowest BCUT2D eigenvalue weighted by atomic mass is 10.1. The summed E-state index contributed by atoms with van der Waals surface area (Å²) in [7, 11) is 1.67. The first-order valence-corrected chi connectivity index (χ1v) is 7.62. The number of hydrogen-bond donors (Lipinski definition) is 3. The van der Waals surface area contributed by atoms with Crippen LogP contribution in [0.1, 0.15) is 19.4 Å². The topological polar surface area (TPSA) is 74.8 Å². The van der Waals surface area contributed by atoms with E-state index in [4.69, 9.17) is 4.74 Å². The Hall–Kier alpha value is -1.51. The number of likely N-dealkylation sites (N-methyl/N-ethyl adjacent to an activating group) is 1. The molecule has 0 unspecified atom stereocenters. The number of nitrogens with zero attached hydrogens (tertiary/aromatic N) is 1. The lowest BCUT2D eigenvalue weighted by Gasteiger charge is -2.12. The van der Waals surface area contributed by atoms with Crippen molar-refractivity contribution >= 4 is 35.8 Å². The van der Waals surface area contributed by atoms with Crippen LogP contribution in [-0.2, 0) is 11.2 Å². The van der Waals surface area contributed by atoms with Crippen molar-refractivity contribution in [3.05, 3.63) is 29.8 Å². The molecule has 0 bridgehead atoms. The van der Waals surface area contributed by atoms with Crippen molar-refractivity contribution in [3.8, 4) is 5.75 Å². The average Bonchev–Trinajstić information content (AvgIpc) is 2.53. The fourth-order valence-corrected chi connectivity index (χ4v) is 1.97. The summed E-state index contributed by atoms with van der Waals surface area (Å²) in [5.74, 6) is 1.45. The number of para-hydroxylation sites is 1.